The van der Waals surface area contributed by atoms with Crippen LogP contribution in [0.25, 0.3) is 0 Å². The number of rotatable bonds is 0. The predicted molar refractivity (Wildman–Crippen MR) is 24.3 cm³/mol. The first-order valence-electron chi connectivity index (χ1n) is 0.534. The van der Waals surface area contributed by atoms with Crippen LogP contribution in [0.2, 0.25) is 0 Å². The van der Waals surface area contributed by atoms with E-state index >= 15 is 0 Å². The van der Waals surface area contributed by atoms with Gasteiger partial charge < -0.3 is 0 Å². The second kappa shape index (κ2) is 1.95. The molecule has 0 aliphatic carbocycles. The molecule has 0 heterocycles. The Morgan fingerprint density at radius 1 is 1.50 bits per heavy atom. The fourth-order valence-corrected chi connectivity index (χ4v) is 0. The van der Waals surface area contributed by atoms with Crippen LogP contribution in [0.15, 0.2) is 0 Å². The van der Waals surface area contributed by atoms with Crippen LogP contribution in [0.1, 0.15) is 0 Å². The van der Waals surface area contributed by atoms with Crippen molar-refractivity contribution in [3.63, 3.8) is 0 Å². The lowest BCUT2D eigenvalue weighted by atomic mass is 15.9. The average Bonchev–Trinajstić information content (AvgIpc) is 0.811. The standard InChI is InChI=1S/HIO2S/c1-4(2)3/h4H. The van der Waals surface area contributed by atoms with E-state index in [-0.39, 0.29) is 0 Å². The molecule has 0 rings (SSSR count). The van der Waals surface area contributed by atoms with Crippen LogP contribution < -0.4 is 0 Å². The Hall–Kier alpha value is 0.680. The summed E-state index contributed by atoms with van der Waals surface area (Å²) in [6.45, 7) is 0. The highest BCUT2D eigenvalue weighted by Gasteiger charge is 1.48. The summed E-state index contributed by atoms with van der Waals surface area (Å²) in [5.74, 6) is 0. The summed E-state index contributed by atoms with van der Waals surface area (Å²) in [5, 5.41) is 0. The molecule has 0 bridgehead atoms. The van der Waals surface area contributed by atoms with E-state index in [0.29, 0.717) is 0 Å². The van der Waals surface area contributed by atoms with Crippen LogP contribution >= 0.6 is 21.2 Å². The summed E-state index contributed by atoms with van der Waals surface area (Å²) < 4.78 is 18.0. The Balaban J connectivity index is 3.51. The van der Waals surface area contributed by atoms with Crippen LogP contribution in [0, 0.1) is 0 Å². The highest BCUT2D eigenvalue weighted by Crippen LogP contribution is 1.71. The molecule has 0 atom stereocenters. The Morgan fingerprint density at radius 3 is 1.50 bits per heavy atom. The van der Waals surface area contributed by atoms with Gasteiger partial charge in [-0.1, -0.05) is 0 Å². The van der Waals surface area contributed by atoms with E-state index in [1.807, 2.05) is 0 Å². The SMILES string of the molecule is O=[SH](=O)I. The molecular weight excluding hydrogens is 191 g/mol. The van der Waals surface area contributed by atoms with E-state index < -0.39 is 7.88 Å². The Labute approximate surface area is 37.7 Å². The zero-order valence-electron chi connectivity index (χ0n) is 1.64. The zero-order valence-corrected chi connectivity index (χ0v) is 4.69. The van der Waals surface area contributed by atoms with Gasteiger partial charge in [-0.2, -0.15) is 0 Å². The molecule has 4 heavy (non-hydrogen) atoms. The average molecular weight is 192 g/mol. The van der Waals surface area contributed by atoms with Crippen molar-refractivity contribution in [3.05, 3.63) is 0 Å². The summed E-state index contributed by atoms with van der Waals surface area (Å²) in [7, 11) is -2.15. The maximum atomic E-state index is 9.02. The van der Waals surface area contributed by atoms with Crippen molar-refractivity contribution >= 4 is 29.1 Å². The third kappa shape index (κ3) is 16.4. The van der Waals surface area contributed by atoms with Crippen LogP contribution in [0.4, 0.5) is 0 Å². The normalized spacial score (nSPS) is 8.50. The summed E-state index contributed by atoms with van der Waals surface area (Å²) in [4.78, 5) is 0. The van der Waals surface area contributed by atoms with Gasteiger partial charge >= 0.3 is 0 Å². The molecule has 0 fully saturated rings. The molecule has 0 aromatic carbocycles. The number of halogens is 1. The van der Waals surface area contributed by atoms with E-state index in [2.05, 4.69) is 0 Å². The fraction of sp³-hybridized carbons (Fsp3) is 0. The quantitative estimate of drug-likeness (QED) is 0.331. The third-order valence-corrected chi connectivity index (χ3v) is 0. The molecule has 0 spiro atoms. The van der Waals surface area contributed by atoms with Gasteiger partial charge in [0.05, 0.1) is 21.2 Å². The first-order valence-corrected chi connectivity index (χ1v) is 4.50. The molecule has 0 saturated heterocycles. The molecular formula is HIO2S. The van der Waals surface area contributed by atoms with E-state index in [0.717, 1.165) is 0 Å². The van der Waals surface area contributed by atoms with E-state index in [1.54, 1.807) is 0 Å². The Bertz CT molecular complexity index is 54.4. The number of thiol groups is 1. The van der Waals surface area contributed by atoms with Gasteiger partial charge in [0.25, 0.3) is 0 Å². The van der Waals surface area contributed by atoms with Crippen LogP contribution in [0.3, 0.4) is 0 Å². The smallest absolute Gasteiger partial charge is 0.193 e. The molecule has 0 aromatic rings. The highest BCUT2D eigenvalue weighted by atomic mass is 127. The molecule has 4 heteroatoms. The van der Waals surface area contributed by atoms with Crippen molar-refractivity contribution in [2.45, 2.75) is 0 Å². The molecule has 0 amide bonds. The number of hydrogen-bond acceptors (Lipinski definition) is 2. The second-order valence-electron chi connectivity index (χ2n) is 0.213. The Kier molecular flexibility index (Phi) is 2.28. The lowest BCUT2D eigenvalue weighted by Gasteiger charge is -1.37. The van der Waals surface area contributed by atoms with Gasteiger partial charge in [-0.15, -0.1) is 0 Å². The fourth-order valence-electron chi connectivity index (χ4n) is 0. The van der Waals surface area contributed by atoms with Crippen molar-refractivity contribution in [2.75, 3.05) is 0 Å². The van der Waals surface area contributed by atoms with Crippen LogP contribution in [-0.4, -0.2) is 8.42 Å². The van der Waals surface area contributed by atoms with E-state index in [4.69, 9.17) is 8.42 Å². The molecule has 0 radical (unpaired) electrons. The first-order chi connectivity index (χ1) is 1.73. The van der Waals surface area contributed by atoms with Crippen molar-refractivity contribution in [3.8, 4) is 0 Å². The minimum Gasteiger partial charge on any atom is -0.221 e. The summed E-state index contributed by atoms with van der Waals surface area (Å²) in [6, 6.07) is 0. The van der Waals surface area contributed by atoms with Gasteiger partial charge in [-0.25, -0.2) is 8.42 Å². The van der Waals surface area contributed by atoms with Gasteiger partial charge in [-0.05, 0) is 0 Å². The van der Waals surface area contributed by atoms with Gasteiger partial charge in [0.1, 0.15) is 0 Å². The van der Waals surface area contributed by atoms with Crippen molar-refractivity contribution in [1.29, 1.82) is 0 Å². The molecule has 0 unspecified atom stereocenters. The molecule has 0 N–H and O–H groups in total. The largest absolute Gasteiger partial charge is 0.221 e. The topological polar surface area (TPSA) is 34.1 Å². The third-order valence-electron chi connectivity index (χ3n) is 0. The molecule has 26 valence electrons. The lowest BCUT2D eigenvalue weighted by Crippen LogP contribution is -1.39. The van der Waals surface area contributed by atoms with Crippen molar-refractivity contribution < 1.29 is 8.42 Å². The van der Waals surface area contributed by atoms with Crippen molar-refractivity contribution in [2.24, 2.45) is 0 Å². The summed E-state index contributed by atoms with van der Waals surface area (Å²) in [5.41, 5.74) is 0. The molecule has 2 nitrogen and oxygen atoms in total. The predicted octanol–water partition coefficient (Wildman–Crippen LogP) is -0.0522. The summed E-state index contributed by atoms with van der Waals surface area (Å²) in [6.07, 6.45) is 0. The molecule has 0 aliphatic heterocycles. The minimum atomic E-state index is -2.15. The Morgan fingerprint density at radius 2 is 1.50 bits per heavy atom. The van der Waals surface area contributed by atoms with E-state index in [1.165, 1.54) is 21.2 Å². The van der Waals surface area contributed by atoms with Gasteiger partial charge in [0, 0.05) is 0 Å². The zero-order chi connectivity index (χ0) is 3.58. The second-order valence-corrected chi connectivity index (χ2v) is 3.00. The first kappa shape index (κ1) is 4.68. The van der Waals surface area contributed by atoms with Gasteiger partial charge in [0.15, 0.2) is 7.88 Å². The van der Waals surface area contributed by atoms with E-state index in [9.17, 15) is 0 Å². The summed E-state index contributed by atoms with van der Waals surface area (Å²) >= 11 is 1.30. The maximum Gasteiger partial charge on any atom is 0.193 e. The molecule has 0 aromatic heterocycles. The molecule has 0 saturated carbocycles. The van der Waals surface area contributed by atoms with Crippen LogP contribution in [0.5, 0.6) is 0 Å². The maximum absolute atomic E-state index is 9.02. The molecule has 0 aliphatic rings. The lowest BCUT2D eigenvalue weighted by molar-refractivity contribution is 0.628. The minimum absolute atomic E-state index is 1.30. The highest BCUT2D eigenvalue weighted by molar-refractivity contribution is 14.2. The number of hydrogen-bond donors (Lipinski definition) is 1. The van der Waals surface area contributed by atoms with Gasteiger partial charge in [0.2, 0.25) is 0 Å². The van der Waals surface area contributed by atoms with Crippen molar-refractivity contribution in [1.82, 2.24) is 0 Å². The van der Waals surface area contributed by atoms with Gasteiger partial charge in [-0.3, -0.25) is 0 Å². The van der Waals surface area contributed by atoms with Crippen LogP contribution in [-0.2, 0) is 7.88 Å². The monoisotopic (exact) mass is 192 g/mol.